The van der Waals surface area contributed by atoms with Gasteiger partial charge >= 0.3 is 0 Å². The van der Waals surface area contributed by atoms with Gasteiger partial charge in [0.15, 0.2) is 0 Å². The van der Waals surface area contributed by atoms with Crippen molar-refractivity contribution in [3.63, 3.8) is 0 Å². The van der Waals surface area contributed by atoms with Gasteiger partial charge in [0.1, 0.15) is 0 Å². The zero-order chi connectivity index (χ0) is 13.8. The molecule has 1 aliphatic heterocycles. The number of rotatable bonds is 11. The molecule has 0 bridgehead atoms. The number of ether oxygens (including phenoxy) is 1. The molecule has 1 fully saturated rings. The van der Waals surface area contributed by atoms with Crippen LogP contribution in [-0.2, 0) is 4.74 Å². The van der Waals surface area contributed by atoms with Gasteiger partial charge in [-0.1, -0.05) is 26.2 Å². The molecule has 114 valence electrons. The molecule has 4 heteroatoms. The highest BCUT2D eigenvalue weighted by Gasteiger charge is 2.13. The molecule has 3 nitrogen and oxygen atoms in total. The van der Waals surface area contributed by atoms with Gasteiger partial charge in [0, 0.05) is 13.2 Å². The van der Waals surface area contributed by atoms with Gasteiger partial charge < -0.3 is 15.2 Å². The van der Waals surface area contributed by atoms with Crippen LogP contribution in [0.25, 0.3) is 0 Å². The van der Waals surface area contributed by atoms with Crippen molar-refractivity contribution in [3.05, 3.63) is 0 Å². The maximum atomic E-state index is 9.79. The highest BCUT2D eigenvalue weighted by Crippen LogP contribution is 2.21. The largest absolute Gasteiger partial charge is 0.389 e. The Hall–Kier alpha value is 0.230. The van der Waals surface area contributed by atoms with Crippen LogP contribution in [0.2, 0.25) is 0 Å². The van der Waals surface area contributed by atoms with E-state index in [-0.39, 0.29) is 6.10 Å². The third-order valence-electron chi connectivity index (χ3n) is 3.61. The molecule has 1 atom stereocenters. The first-order valence-corrected chi connectivity index (χ1v) is 9.02. The number of hydrogen-bond donors (Lipinski definition) is 2. The first kappa shape index (κ1) is 17.3. The Morgan fingerprint density at radius 2 is 2.05 bits per heavy atom. The van der Waals surface area contributed by atoms with Crippen molar-refractivity contribution in [1.82, 2.24) is 5.32 Å². The molecule has 1 aliphatic rings. The van der Waals surface area contributed by atoms with Crippen LogP contribution in [-0.4, -0.2) is 49.0 Å². The van der Waals surface area contributed by atoms with Crippen molar-refractivity contribution in [2.45, 2.75) is 51.6 Å². The lowest BCUT2D eigenvalue weighted by molar-refractivity contribution is 0.0350. The van der Waals surface area contributed by atoms with Crippen LogP contribution in [0.5, 0.6) is 0 Å². The van der Waals surface area contributed by atoms with Gasteiger partial charge in [-0.05, 0) is 43.2 Å². The second kappa shape index (κ2) is 12.0. The third-order valence-corrected chi connectivity index (χ3v) is 4.66. The number of aliphatic hydroxyl groups is 1. The van der Waals surface area contributed by atoms with E-state index >= 15 is 0 Å². The second-order valence-corrected chi connectivity index (χ2v) is 6.73. The Morgan fingerprint density at radius 3 is 2.79 bits per heavy atom. The van der Waals surface area contributed by atoms with Gasteiger partial charge in [0.25, 0.3) is 0 Å². The van der Waals surface area contributed by atoms with Crippen molar-refractivity contribution in [2.75, 3.05) is 37.8 Å². The fourth-order valence-electron chi connectivity index (χ4n) is 2.31. The first-order chi connectivity index (χ1) is 9.33. The summed E-state index contributed by atoms with van der Waals surface area (Å²) in [5.41, 5.74) is 0. The standard InChI is InChI=1S/C15H31NO2S/c1-2-3-4-5-8-18-13-15(17)12-16-11-14-6-9-19-10-7-14/h14-17H,2-13H2,1H3. The van der Waals surface area contributed by atoms with E-state index in [1.807, 2.05) is 0 Å². The molecule has 19 heavy (non-hydrogen) atoms. The van der Waals surface area contributed by atoms with Gasteiger partial charge in [-0.15, -0.1) is 0 Å². The number of aliphatic hydroxyl groups excluding tert-OH is 1. The quantitative estimate of drug-likeness (QED) is 0.574. The molecule has 1 rings (SSSR count). The SMILES string of the molecule is CCCCCCOCC(O)CNCC1CCSCC1. The molecule has 0 radical (unpaired) electrons. The van der Waals surface area contributed by atoms with Crippen molar-refractivity contribution in [2.24, 2.45) is 5.92 Å². The maximum Gasteiger partial charge on any atom is 0.0897 e. The van der Waals surface area contributed by atoms with Crippen molar-refractivity contribution < 1.29 is 9.84 Å². The Morgan fingerprint density at radius 1 is 1.26 bits per heavy atom. The normalized spacial score (nSPS) is 18.6. The van der Waals surface area contributed by atoms with Crippen molar-refractivity contribution in [3.8, 4) is 0 Å². The van der Waals surface area contributed by atoms with Gasteiger partial charge in [-0.2, -0.15) is 11.8 Å². The van der Waals surface area contributed by atoms with Crippen LogP contribution in [0.3, 0.4) is 0 Å². The summed E-state index contributed by atoms with van der Waals surface area (Å²) >= 11 is 2.06. The molecule has 1 unspecified atom stereocenters. The predicted octanol–water partition coefficient (Wildman–Crippen LogP) is 2.68. The lowest BCUT2D eigenvalue weighted by Gasteiger charge is -2.22. The Balaban J connectivity index is 1.85. The number of unbranched alkanes of at least 4 members (excludes halogenated alkanes) is 3. The number of hydrogen-bond acceptors (Lipinski definition) is 4. The number of nitrogens with one attached hydrogen (secondary N) is 1. The minimum absolute atomic E-state index is 0.357. The van der Waals surface area contributed by atoms with Crippen LogP contribution in [0, 0.1) is 5.92 Å². The van der Waals surface area contributed by atoms with Crippen LogP contribution >= 0.6 is 11.8 Å². The summed E-state index contributed by atoms with van der Waals surface area (Å²) < 4.78 is 5.49. The molecule has 0 amide bonds. The molecule has 0 aliphatic carbocycles. The summed E-state index contributed by atoms with van der Waals surface area (Å²) in [4.78, 5) is 0. The molecule has 2 N–H and O–H groups in total. The fourth-order valence-corrected chi connectivity index (χ4v) is 3.52. The van der Waals surface area contributed by atoms with Crippen LogP contribution in [0.15, 0.2) is 0 Å². The van der Waals surface area contributed by atoms with Gasteiger partial charge in [-0.3, -0.25) is 0 Å². The van der Waals surface area contributed by atoms with Crippen molar-refractivity contribution >= 4 is 11.8 Å². The van der Waals surface area contributed by atoms with Crippen LogP contribution < -0.4 is 5.32 Å². The molecule has 0 spiro atoms. The van der Waals surface area contributed by atoms with E-state index in [1.54, 1.807) is 0 Å². The van der Waals surface area contributed by atoms with Gasteiger partial charge in [-0.25, -0.2) is 0 Å². The molecule has 1 heterocycles. The topological polar surface area (TPSA) is 41.5 Å². The lowest BCUT2D eigenvalue weighted by Crippen LogP contribution is -2.34. The predicted molar refractivity (Wildman–Crippen MR) is 83.9 cm³/mol. The molecule has 0 aromatic heterocycles. The Kier molecular flexibility index (Phi) is 10.9. The molecular formula is C15H31NO2S. The first-order valence-electron chi connectivity index (χ1n) is 7.87. The molecule has 1 saturated heterocycles. The minimum Gasteiger partial charge on any atom is -0.389 e. The Labute approximate surface area is 122 Å². The summed E-state index contributed by atoms with van der Waals surface area (Å²) in [6.45, 7) is 5.19. The van der Waals surface area contributed by atoms with Crippen LogP contribution in [0.1, 0.15) is 45.4 Å². The zero-order valence-electron chi connectivity index (χ0n) is 12.4. The van der Waals surface area contributed by atoms with E-state index < -0.39 is 0 Å². The van der Waals surface area contributed by atoms with Crippen molar-refractivity contribution in [1.29, 1.82) is 0 Å². The molecular weight excluding hydrogens is 258 g/mol. The summed E-state index contributed by atoms with van der Waals surface area (Å²) in [6.07, 6.45) is 7.19. The summed E-state index contributed by atoms with van der Waals surface area (Å²) in [5.74, 6) is 3.41. The third kappa shape index (κ3) is 9.72. The smallest absolute Gasteiger partial charge is 0.0897 e. The fraction of sp³-hybridized carbons (Fsp3) is 1.00. The molecule has 0 aromatic rings. The summed E-state index contributed by atoms with van der Waals surface area (Å²) in [7, 11) is 0. The average molecular weight is 289 g/mol. The second-order valence-electron chi connectivity index (χ2n) is 5.50. The highest BCUT2D eigenvalue weighted by atomic mass is 32.2. The van der Waals surface area contributed by atoms with E-state index in [9.17, 15) is 5.11 Å². The van der Waals surface area contributed by atoms with Gasteiger partial charge in [0.05, 0.1) is 12.7 Å². The maximum absolute atomic E-state index is 9.79. The van der Waals surface area contributed by atoms with E-state index in [4.69, 9.17) is 4.74 Å². The Bertz CT molecular complexity index is 199. The number of thioether (sulfide) groups is 1. The van der Waals surface area contributed by atoms with E-state index in [0.29, 0.717) is 13.2 Å². The summed E-state index contributed by atoms with van der Waals surface area (Å²) in [6, 6.07) is 0. The lowest BCUT2D eigenvalue weighted by atomic mass is 10.0. The zero-order valence-corrected chi connectivity index (χ0v) is 13.2. The molecule has 0 saturated carbocycles. The monoisotopic (exact) mass is 289 g/mol. The van der Waals surface area contributed by atoms with Crippen LogP contribution in [0.4, 0.5) is 0 Å². The van der Waals surface area contributed by atoms with E-state index in [2.05, 4.69) is 24.0 Å². The van der Waals surface area contributed by atoms with Gasteiger partial charge in [0.2, 0.25) is 0 Å². The highest BCUT2D eigenvalue weighted by molar-refractivity contribution is 7.99. The minimum atomic E-state index is -0.357. The van der Waals surface area contributed by atoms with E-state index in [1.165, 1.54) is 43.6 Å². The average Bonchev–Trinajstić information content (AvgIpc) is 2.44. The summed E-state index contributed by atoms with van der Waals surface area (Å²) in [5, 5.41) is 13.2. The molecule has 0 aromatic carbocycles. The van der Waals surface area contributed by atoms with E-state index in [0.717, 1.165) is 25.5 Å².